The molecule has 1 atom stereocenters. The van der Waals surface area contributed by atoms with Crippen LogP contribution in [-0.4, -0.2) is 28.1 Å². The predicted molar refractivity (Wildman–Crippen MR) is 146 cm³/mol. The van der Waals surface area contributed by atoms with E-state index in [1.807, 2.05) is 50.2 Å². The molecule has 0 spiro atoms. The highest BCUT2D eigenvalue weighted by Gasteiger charge is 2.34. The van der Waals surface area contributed by atoms with Crippen molar-refractivity contribution in [2.75, 3.05) is 0 Å². The van der Waals surface area contributed by atoms with Gasteiger partial charge in [-0.2, -0.15) is 4.98 Å². The third-order valence-electron chi connectivity index (χ3n) is 7.33. The van der Waals surface area contributed by atoms with Crippen molar-refractivity contribution in [3.05, 3.63) is 100 Å². The van der Waals surface area contributed by atoms with E-state index in [1.165, 1.54) is 12.1 Å². The second-order valence-electron chi connectivity index (χ2n) is 9.89. The molecule has 0 aliphatic heterocycles. The maximum Gasteiger partial charge on any atom is 0.296 e. The summed E-state index contributed by atoms with van der Waals surface area (Å²) in [6.45, 7) is 3.91. The predicted octanol–water partition coefficient (Wildman–Crippen LogP) is 5.81. The summed E-state index contributed by atoms with van der Waals surface area (Å²) in [6.07, 6.45) is 7.74. The lowest BCUT2D eigenvalue weighted by atomic mass is 10.0. The van der Waals surface area contributed by atoms with Gasteiger partial charge in [-0.05, 0) is 61.1 Å². The van der Waals surface area contributed by atoms with Gasteiger partial charge in [0.25, 0.3) is 5.56 Å². The van der Waals surface area contributed by atoms with Crippen LogP contribution in [0.15, 0.2) is 87.6 Å². The number of hydrogen-bond donors (Lipinski definition) is 1. The summed E-state index contributed by atoms with van der Waals surface area (Å²) in [7, 11) is -4.36. The Bertz CT molecular complexity index is 1610. The molecule has 0 saturated heterocycles. The van der Waals surface area contributed by atoms with Crippen molar-refractivity contribution in [1.29, 1.82) is 0 Å². The van der Waals surface area contributed by atoms with E-state index in [-0.39, 0.29) is 16.9 Å². The molecule has 1 aliphatic rings. The van der Waals surface area contributed by atoms with Gasteiger partial charge in [-0.1, -0.05) is 62.2 Å². The first-order valence-electron chi connectivity index (χ1n) is 13.0. The van der Waals surface area contributed by atoms with Crippen molar-refractivity contribution in [3.8, 4) is 17.0 Å². The van der Waals surface area contributed by atoms with Crippen molar-refractivity contribution < 1.29 is 13.5 Å². The molecule has 2 aromatic heterocycles. The molecule has 7 nitrogen and oxygen atoms in total. The summed E-state index contributed by atoms with van der Waals surface area (Å²) in [6, 6.07) is 17.5. The molecule has 0 radical (unpaired) electrons. The van der Waals surface area contributed by atoms with Gasteiger partial charge in [-0.3, -0.25) is 14.3 Å². The van der Waals surface area contributed by atoms with Crippen molar-refractivity contribution in [2.24, 2.45) is 0 Å². The Morgan fingerprint density at radius 3 is 2.32 bits per heavy atom. The lowest BCUT2D eigenvalue weighted by Crippen LogP contribution is -2.28. The molecule has 0 bridgehead atoms. The van der Waals surface area contributed by atoms with Crippen LogP contribution in [0.1, 0.15) is 67.9 Å². The summed E-state index contributed by atoms with van der Waals surface area (Å²) >= 11 is 0. The number of aryl methyl sites for hydroxylation is 1. The normalized spacial score (nSPS) is 15.0. The molecule has 1 saturated carbocycles. The average molecular weight is 530 g/mol. The molecule has 2 heterocycles. The number of sulfone groups is 1. The van der Waals surface area contributed by atoms with Crippen LogP contribution in [0.2, 0.25) is 0 Å². The minimum Gasteiger partial charge on any atom is -0.493 e. The van der Waals surface area contributed by atoms with Crippen LogP contribution in [0.25, 0.3) is 11.1 Å². The zero-order chi connectivity index (χ0) is 26.9. The van der Waals surface area contributed by atoms with Crippen LogP contribution < -0.4 is 5.56 Å². The smallest absolute Gasteiger partial charge is 0.296 e. The Kier molecular flexibility index (Phi) is 7.17. The molecular weight excluding hydrogens is 498 g/mol. The fourth-order valence-electron chi connectivity index (χ4n) is 5.44. The summed E-state index contributed by atoms with van der Waals surface area (Å²) in [5.41, 5.74) is 2.63. The number of aromatic hydroxyl groups is 1. The van der Waals surface area contributed by atoms with E-state index in [1.54, 1.807) is 29.1 Å². The topological polar surface area (TPSA) is 102 Å². The van der Waals surface area contributed by atoms with Gasteiger partial charge >= 0.3 is 0 Å². The maximum absolute atomic E-state index is 13.8. The first-order valence-corrected chi connectivity index (χ1v) is 14.5. The lowest BCUT2D eigenvalue weighted by Gasteiger charge is -2.27. The SMILES string of the molecule is CC[C@@H](c1ccccc1)n1c(C2CCCC2)nc(=O)c(S(=O)(=O)c2ccc(-c3cncc(C)c3)cc2)c1O. The monoisotopic (exact) mass is 529 g/mol. The second-order valence-corrected chi connectivity index (χ2v) is 11.8. The highest BCUT2D eigenvalue weighted by molar-refractivity contribution is 7.91. The number of benzene rings is 2. The second kappa shape index (κ2) is 10.5. The first kappa shape index (κ1) is 25.9. The van der Waals surface area contributed by atoms with E-state index in [9.17, 15) is 18.3 Å². The van der Waals surface area contributed by atoms with Crippen LogP contribution in [0.4, 0.5) is 0 Å². The van der Waals surface area contributed by atoms with E-state index in [2.05, 4.69) is 9.97 Å². The van der Waals surface area contributed by atoms with Crippen LogP contribution >= 0.6 is 0 Å². The Balaban J connectivity index is 1.65. The van der Waals surface area contributed by atoms with E-state index < -0.39 is 26.2 Å². The molecule has 4 aromatic rings. The van der Waals surface area contributed by atoms with Gasteiger partial charge in [0.05, 0.1) is 10.9 Å². The van der Waals surface area contributed by atoms with Crippen molar-refractivity contribution in [1.82, 2.24) is 14.5 Å². The number of rotatable bonds is 7. The summed E-state index contributed by atoms with van der Waals surface area (Å²) < 4.78 is 29.2. The number of aromatic nitrogens is 3. The molecule has 8 heteroatoms. The van der Waals surface area contributed by atoms with E-state index in [4.69, 9.17) is 0 Å². The third-order valence-corrected chi connectivity index (χ3v) is 9.12. The van der Waals surface area contributed by atoms with Crippen LogP contribution in [-0.2, 0) is 9.84 Å². The number of nitrogens with zero attached hydrogens (tertiary/aromatic N) is 3. The Labute approximate surface area is 222 Å². The van der Waals surface area contributed by atoms with Gasteiger partial charge in [0, 0.05) is 23.9 Å². The molecule has 196 valence electrons. The quantitative estimate of drug-likeness (QED) is 0.324. The highest BCUT2D eigenvalue weighted by atomic mass is 32.2. The molecule has 2 aromatic carbocycles. The summed E-state index contributed by atoms with van der Waals surface area (Å²) in [5, 5.41) is 11.6. The van der Waals surface area contributed by atoms with E-state index in [0.29, 0.717) is 12.2 Å². The minimum absolute atomic E-state index is 0.00895. The molecule has 5 rings (SSSR count). The highest BCUT2D eigenvalue weighted by Crippen LogP contribution is 2.39. The Hall–Kier alpha value is -3.78. The average Bonchev–Trinajstić information content (AvgIpc) is 3.46. The Morgan fingerprint density at radius 1 is 1.00 bits per heavy atom. The van der Waals surface area contributed by atoms with E-state index in [0.717, 1.165) is 47.9 Å². The van der Waals surface area contributed by atoms with Crippen molar-refractivity contribution in [3.63, 3.8) is 0 Å². The molecule has 38 heavy (non-hydrogen) atoms. The van der Waals surface area contributed by atoms with Gasteiger partial charge in [0.2, 0.25) is 15.7 Å². The maximum atomic E-state index is 13.8. The lowest BCUT2D eigenvalue weighted by molar-refractivity contribution is 0.352. The van der Waals surface area contributed by atoms with Crippen LogP contribution in [0, 0.1) is 6.92 Å². The van der Waals surface area contributed by atoms with Gasteiger partial charge in [0.1, 0.15) is 5.82 Å². The molecule has 1 fully saturated rings. The standard InChI is InChI=1S/C30H31N3O4S/c1-3-26(22-9-5-4-6-10-22)33-28(23-11-7-8-12-23)32-29(34)27(30(33)35)38(36,37)25-15-13-21(14-16-25)24-17-20(2)18-31-19-24/h4-6,9-10,13-19,23,26,35H,3,7-8,11-12H2,1-2H3/t26-/m0/s1. The van der Waals surface area contributed by atoms with Gasteiger partial charge in [-0.15, -0.1) is 0 Å². The Morgan fingerprint density at radius 2 is 1.68 bits per heavy atom. The fourth-order valence-corrected chi connectivity index (χ4v) is 6.78. The number of hydrogen-bond acceptors (Lipinski definition) is 6. The fraction of sp³-hybridized carbons (Fsp3) is 0.300. The third kappa shape index (κ3) is 4.76. The molecule has 1 N–H and O–H groups in total. The molecule has 0 unspecified atom stereocenters. The van der Waals surface area contributed by atoms with Crippen LogP contribution in [0.3, 0.4) is 0 Å². The minimum atomic E-state index is -4.36. The van der Waals surface area contributed by atoms with Crippen molar-refractivity contribution in [2.45, 2.75) is 67.7 Å². The number of pyridine rings is 1. The van der Waals surface area contributed by atoms with Gasteiger partial charge in [0.15, 0.2) is 4.90 Å². The first-order chi connectivity index (χ1) is 18.3. The largest absolute Gasteiger partial charge is 0.493 e. The molecular formula is C30H31N3O4S. The van der Waals surface area contributed by atoms with Gasteiger partial charge in [-0.25, -0.2) is 8.42 Å². The summed E-state index contributed by atoms with van der Waals surface area (Å²) in [4.78, 5) is 21.1. The molecule has 0 amide bonds. The zero-order valence-electron chi connectivity index (χ0n) is 21.5. The zero-order valence-corrected chi connectivity index (χ0v) is 22.4. The van der Waals surface area contributed by atoms with E-state index >= 15 is 0 Å². The van der Waals surface area contributed by atoms with Crippen LogP contribution in [0.5, 0.6) is 5.88 Å². The van der Waals surface area contributed by atoms with Gasteiger partial charge < -0.3 is 5.11 Å². The summed E-state index contributed by atoms with van der Waals surface area (Å²) in [5.74, 6) is -0.0955. The molecule has 1 aliphatic carbocycles. The van der Waals surface area contributed by atoms with Crippen molar-refractivity contribution >= 4 is 9.84 Å².